The summed E-state index contributed by atoms with van der Waals surface area (Å²) in [4.78, 5) is 4.35. The summed E-state index contributed by atoms with van der Waals surface area (Å²) >= 11 is 0. The van der Waals surface area contributed by atoms with Gasteiger partial charge in [0, 0.05) is 6.07 Å². The lowest BCUT2D eigenvalue weighted by Crippen LogP contribution is -2.06. The lowest BCUT2D eigenvalue weighted by atomic mass is 10.4. The van der Waals surface area contributed by atoms with Crippen LogP contribution in [0.3, 0.4) is 0 Å². The van der Waals surface area contributed by atoms with Crippen LogP contribution in [0.25, 0.3) is 0 Å². The Morgan fingerprint density at radius 2 is 2.26 bits per heavy atom. The second-order valence-electron chi connectivity index (χ2n) is 4.68. The average Bonchev–Trinajstić information content (AvgIpc) is 3.10. The third-order valence-electron chi connectivity index (χ3n) is 2.98. The Bertz CT molecular complexity index is 538. The number of rotatable bonds is 6. The zero-order chi connectivity index (χ0) is 13.1. The highest BCUT2D eigenvalue weighted by atomic mass is 16.5. The van der Waals surface area contributed by atoms with Crippen LogP contribution in [0.2, 0.25) is 0 Å². The summed E-state index contributed by atoms with van der Waals surface area (Å²) in [7, 11) is 0. The van der Waals surface area contributed by atoms with Gasteiger partial charge in [-0.2, -0.15) is 4.98 Å². The molecule has 0 atom stereocenters. The van der Waals surface area contributed by atoms with E-state index >= 15 is 0 Å². The Morgan fingerprint density at radius 3 is 3.00 bits per heavy atom. The second kappa shape index (κ2) is 5.17. The van der Waals surface area contributed by atoms with Crippen molar-refractivity contribution in [3.05, 3.63) is 30.2 Å². The van der Waals surface area contributed by atoms with Crippen molar-refractivity contribution in [2.45, 2.75) is 19.4 Å². The van der Waals surface area contributed by atoms with E-state index in [4.69, 9.17) is 15.0 Å². The quantitative estimate of drug-likeness (QED) is 0.826. The fraction of sp³-hybridized carbons (Fsp3) is 0.385. The first kappa shape index (κ1) is 11.8. The van der Waals surface area contributed by atoms with Crippen molar-refractivity contribution in [3.8, 4) is 5.88 Å². The van der Waals surface area contributed by atoms with Gasteiger partial charge < -0.3 is 20.3 Å². The molecule has 2 aromatic rings. The van der Waals surface area contributed by atoms with Gasteiger partial charge in [-0.15, -0.1) is 0 Å². The molecule has 0 unspecified atom stereocenters. The average molecular weight is 260 g/mol. The van der Waals surface area contributed by atoms with Gasteiger partial charge in [0.2, 0.25) is 5.88 Å². The van der Waals surface area contributed by atoms with E-state index in [0.717, 1.165) is 5.76 Å². The zero-order valence-corrected chi connectivity index (χ0v) is 10.5. The molecule has 100 valence electrons. The molecule has 1 saturated carbocycles. The highest BCUT2D eigenvalue weighted by Gasteiger charge is 2.22. The van der Waals surface area contributed by atoms with E-state index in [-0.39, 0.29) is 0 Å². The number of nitrogen functional groups attached to an aromatic ring is 1. The molecule has 0 aromatic carbocycles. The molecule has 1 aliphatic rings. The minimum atomic E-state index is 0.495. The third-order valence-corrected chi connectivity index (χ3v) is 2.98. The van der Waals surface area contributed by atoms with Gasteiger partial charge in [-0.05, 0) is 30.9 Å². The highest BCUT2D eigenvalue weighted by Crippen LogP contribution is 2.30. The molecule has 1 fully saturated rings. The Morgan fingerprint density at radius 1 is 1.37 bits per heavy atom. The number of nitrogens with zero attached hydrogens (tertiary/aromatic N) is 2. The van der Waals surface area contributed by atoms with Crippen molar-refractivity contribution in [1.29, 1.82) is 0 Å². The van der Waals surface area contributed by atoms with E-state index in [2.05, 4.69) is 15.5 Å². The molecular weight excluding hydrogens is 244 g/mol. The fourth-order valence-corrected chi connectivity index (χ4v) is 1.66. The number of nitrogens with one attached hydrogen (secondary N) is 1. The zero-order valence-electron chi connectivity index (χ0n) is 10.5. The second-order valence-corrected chi connectivity index (χ2v) is 4.68. The maximum Gasteiger partial charge on any atom is 0.239 e. The first-order valence-electron chi connectivity index (χ1n) is 6.34. The van der Waals surface area contributed by atoms with Gasteiger partial charge in [-0.1, -0.05) is 5.16 Å². The van der Waals surface area contributed by atoms with Crippen molar-refractivity contribution < 1.29 is 9.26 Å². The molecule has 6 heteroatoms. The largest absolute Gasteiger partial charge is 0.476 e. The van der Waals surface area contributed by atoms with Crippen molar-refractivity contribution in [1.82, 2.24) is 10.1 Å². The van der Waals surface area contributed by atoms with Crippen molar-refractivity contribution in [2.75, 3.05) is 17.7 Å². The van der Waals surface area contributed by atoms with Gasteiger partial charge in [-0.25, -0.2) is 0 Å². The van der Waals surface area contributed by atoms with Gasteiger partial charge in [0.15, 0.2) is 5.76 Å². The van der Waals surface area contributed by atoms with Gasteiger partial charge in [0.1, 0.15) is 5.82 Å². The number of hydrogen-bond donors (Lipinski definition) is 2. The molecule has 0 amide bonds. The maximum atomic E-state index is 5.84. The first-order chi connectivity index (χ1) is 9.31. The standard InChI is InChI=1S/C13H16N4O2/c14-11-3-4-12(15-7-10-5-6-16-19-10)17-13(11)18-8-9-1-2-9/h3-6,9H,1-2,7-8,14H2,(H,15,17). The van der Waals surface area contributed by atoms with E-state index in [9.17, 15) is 0 Å². The lowest BCUT2D eigenvalue weighted by Gasteiger charge is -2.09. The van der Waals surface area contributed by atoms with Crippen LogP contribution in [0.4, 0.5) is 11.5 Å². The molecule has 0 bridgehead atoms. The number of hydrogen-bond acceptors (Lipinski definition) is 6. The van der Waals surface area contributed by atoms with E-state index in [1.54, 1.807) is 18.3 Å². The summed E-state index contributed by atoms with van der Waals surface area (Å²) in [6.45, 7) is 1.22. The lowest BCUT2D eigenvalue weighted by molar-refractivity contribution is 0.290. The van der Waals surface area contributed by atoms with Crippen LogP contribution < -0.4 is 15.8 Å². The normalized spacial score (nSPS) is 14.3. The molecule has 19 heavy (non-hydrogen) atoms. The smallest absolute Gasteiger partial charge is 0.239 e. The van der Waals surface area contributed by atoms with Crippen LogP contribution in [0, 0.1) is 5.92 Å². The summed E-state index contributed by atoms with van der Waals surface area (Å²) in [6.07, 6.45) is 4.09. The topological polar surface area (TPSA) is 86.2 Å². The maximum absolute atomic E-state index is 5.84. The Kier molecular flexibility index (Phi) is 3.22. The first-order valence-corrected chi connectivity index (χ1v) is 6.34. The molecule has 1 aliphatic carbocycles. The predicted octanol–water partition coefficient (Wildman–Crippen LogP) is 2.05. The summed E-state index contributed by atoms with van der Waals surface area (Å²) in [5.41, 5.74) is 6.40. The number of nitrogens with two attached hydrogens (primary N) is 1. The monoisotopic (exact) mass is 260 g/mol. The Hall–Kier alpha value is -2.24. The molecular formula is C13H16N4O2. The Labute approximate surface area is 110 Å². The number of anilines is 2. The van der Waals surface area contributed by atoms with Gasteiger partial charge in [-0.3, -0.25) is 0 Å². The third kappa shape index (κ3) is 3.15. The SMILES string of the molecule is Nc1ccc(NCc2ccno2)nc1OCC1CC1. The van der Waals surface area contributed by atoms with E-state index in [1.165, 1.54) is 12.8 Å². The van der Waals surface area contributed by atoms with Gasteiger partial charge in [0.25, 0.3) is 0 Å². The van der Waals surface area contributed by atoms with Crippen LogP contribution >= 0.6 is 0 Å². The molecule has 0 saturated heterocycles. The number of ether oxygens (including phenoxy) is 1. The Balaban J connectivity index is 1.62. The van der Waals surface area contributed by atoms with Gasteiger partial charge >= 0.3 is 0 Å². The number of aromatic nitrogens is 2. The van der Waals surface area contributed by atoms with Crippen molar-refractivity contribution >= 4 is 11.5 Å². The van der Waals surface area contributed by atoms with E-state index < -0.39 is 0 Å². The fourth-order valence-electron chi connectivity index (χ4n) is 1.66. The number of pyridine rings is 1. The van der Waals surface area contributed by atoms with Crippen LogP contribution in [0.1, 0.15) is 18.6 Å². The molecule has 6 nitrogen and oxygen atoms in total. The molecule has 3 rings (SSSR count). The predicted molar refractivity (Wildman–Crippen MR) is 70.7 cm³/mol. The molecule has 0 radical (unpaired) electrons. The van der Waals surface area contributed by atoms with E-state index in [1.807, 2.05) is 6.07 Å². The molecule has 0 spiro atoms. The van der Waals surface area contributed by atoms with Crippen molar-refractivity contribution in [3.63, 3.8) is 0 Å². The van der Waals surface area contributed by atoms with Crippen LogP contribution in [-0.2, 0) is 6.54 Å². The molecule has 0 aliphatic heterocycles. The summed E-state index contributed by atoms with van der Waals surface area (Å²) in [5, 5.41) is 6.78. The van der Waals surface area contributed by atoms with E-state index in [0.29, 0.717) is 36.5 Å². The summed E-state index contributed by atoms with van der Waals surface area (Å²) < 4.78 is 10.6. The molecule has 2 heterocycles. The highest BCUT2D eigenvalue weighted by molar-refractivity contribution is 5.53. The van der Waals surface area contributed by atoms with Crippen LogP contribution in [0.15, 0.2) is 28.9 Å². The summed E-state index contributed by atoms with van der Waals surface area (Å²) in [5.74, 6) is 2.62. The minimum absolute atomic E-state index is 0.495. The van der Waals surface area contributed by atoms with Crippen LogP contribution in [-0.4, -0.2) is 16.7 Å². The molecule has 3 N–H and O–H groups in total. The van der Waals surface area contributed by atoms with Crippen LogP contribution in [0.5, 0.6) is 5.88 Å². The summed E-state index contributed by atoms with van der Waals surface area (Å²) in [6, 6.07) is 5.41. The molecule has 2 aromatic heterocycles. The van der Waals surface area contributed by atoms with Gasteiger partial charge in [0.05, 0.1) is 25.0 Å². The minimum Gasteiger partial charge on any atom is -0.476 e. The van der Waals surface area contributed by atoms with Crippen molar-refractivity contribution in [2.24, 2.45) is 5.92 Å².